The summed E-state index contributed by atoms with van der Waals surface area (Å²) in [6.45, 7) is 0. The number of aryl methyl sites for hydroxylation is 1. The quantitative estimate of drug-likeness (QED) is 0.908. The van der Waals surface area contributed by atoms with Gasteiger partial charge >= 0.3 is 0 Å². The SMILES string of the molecule is Cn1ncc(Sc2ccc(O)cc2)c(Cl)c1=O. The molecule has 0 aliphatic heterocycles. The monoisotopic (exact) mass is 268 g/mol. The van der Waals surface area contributed by atoms with Crippen LogP contribution in [0.25, 0.3) is 0 Å². The first-order valence-electron chi connectivity index (χ1n) is 4.76. The minimum absolute atomic E-state index is 0.153. The van der Waals surface area contributed by atoms with Crippen LogP contribution in [0.15, 0.2) is 45.0 Å². The van der Waals surface area contributed by atoms with Gasteiger partial charge in [0.2, 0.25) is 0 Å². The van der Waals surface area contributed by atoms with Gasteiger partial charge in [-0.2, -0.15) is 5.10 Å². The first kappa shape index (κ1) is 12.0. The van der Waals surface area contributed by atoms with Crippen molar-refractivity contribution in [2.45, 2.75) is 9.79 Å². The van der Waals surface area contributed by atoms with E-state index < -0.39 is 0 Å². The Balaban J connectivity index is 2.34. The summed E-state index contributed by atoms with van der Waals surface area (Å²) in [6, 6.07) is 6.64. The maximum Gasteiger partial charge on any atom is 0.286 e. The van der Waals surface area contributed by atoms with Crippen molar-refractivity contribution in [1.29, 1.82) is 0 Å². The molecule has 17 heavy (non-hydrogen) atoms. The number of aromatic hydroxyl groups is 1. The third kappa shape index (κ3) is 2.62. The van der Waals surface area contributed by atoms with Crippen LogP contribution < -0.4 is 5.56 Å². The lowest BCUT2D eigenvalue weighted by Gasteiger charge is -2.04. The predicted molar refractivity (Wildman–Crippen MR) is 66.7 cm³/mol. The van der Waals surface area contributed by atoms with Crippen LogP contribution in [0.3, 0.4) is 0 Å². The van der Waals surface area contributed by atoms with Crippen molar-refractivity contribution in [1.82, 2.24) is 9.78 Å². The number of phenols is 1. The van der Waals surface area contributed by atoms with Gasteiger partial charge in [-0.25, -0.2) is 4.68 Å². The number of halogens is 1. The van der Waals surface area contributed by atoms with Crippen LogP contribution in [0.4, 0.5) is 0 Å². The molecule has 0 radical (unpaired) electrons. The Morgan fingerprint density at radius 3 is 2.65 bits per heavy atom. The zero-order valence-electron chi connectivity index (χ0n) is 8.92. The van der Waals surface area contributed by atoms with Crippen molar-refractivity contribution >= 4 is 23.4 Å². The minimum atomic E-state index is -0.324. The van der Waals surface area contributed by atoms with E-state index in [0.29, 0.717) is 4.90 Å². The van der Waals surface area contributed by atoms with E-state index in [0.717, 1.165) is 4.90 Å². The highest BCUT2D eigenvalue weighted by Gasteiger charge is 2.08. The second-order valence-electron chi connectivity index (χ2n) is 3.35. The highest BCUT2D eigenvalue weighted by molar-refractivity contribution is 7.99. The van der Waals surface area contributed by atoms with Crippen LogP contribution in [-0.2, 0) is 7.05 Å². The van der Waals surface area contributed by atoms with Gasteiger partial charge in [-0.1, -0.05) is 23.4 Å². The average molecular weight is 269 g/mol. The number of hydrogen-bond acceptors (Lipinski definition) is 4. The van der Waals surface area contributed by atoms with Crippen LogP contribution in [0.2, 0.25) is 5.02 Å². The van der Waals surface area contributed by atoms with Gasteiger partial charge in [0.05, 0.1) is 11.1 Å². The zero-order valence-corrected chi connectivity index (χ0v) is 10.5. The molecular weight excluding hydrogens is 260 g/mol. The first-order valence-corrected chi connectivity index (χ1v) is 5.96. The summed E-state index contributed by atoms with van der Waals surface area (Å²) in [5.74, 6) is 0.197. The molecule has 0 unspecified atom stereocenters. The summed E-state index contributed by atoms with van der Waals surface area (Å²) in [5.41, 5.74) is -0.324. The molecule has 0 aliphatic carbocycles. The van der Waals surface area contributed by atoms with Crippen molar-refractivity contribution in [3.63, 3.8) is 0 Å². The van der Waals surface area contributed by atoms with E-state index in [4.69, 9.17) is 16.7 Å². The van der Waals surface area contributed by atoms with Gasteiger partial charge in [-0.15, -0.1) is 0 Å². The molecule has 1 aromatic carbocycles. The van der Waals surface area contributed by atoms with Gasteiger partial charge in [0.25, 0.3) is 5.56 Å². The third-order valence-corrected chi connectivity index (χ3v) is 3.63. The molecule has 0 aliphatic rings. The molecule has 6 heteroatoms. The van der Waals surface area contributed by atoms with Gasteiger partial charge in [-0.05, 0) is 24.3 Å². The van der Waals surface area contributed by atoms with Crippen molar-refractivity contribution in [2.75, 3.05) is 0 Å². The van der Waals surface area contributed by atoms with Gasteiger partial charge in [0, 0.05) is 11.9 Å². The summed E-state index contributed by atoms with van der Waals surface area (Å²) < 4.78 is 1.18. The molecule has 0 bridgehead atoms. The van der Waals surface area contributed by atoms with Crippen molar-refractivity contribution in [2.24, 2.45) is 7.05 Å². The van der Waals surface area contributed by atoms with Crippen molar-refractivity contribution in [3.05, 3.63) is 45.8 Å². The van der Waals surface area contributed by atoms with Gasteiger partial charge in [0.15, 0.2) is 0 Å². The van der Waals surface area contributed by atoms with Gasteiger partial charge < -0.3 is 5.11 Å². The van der Waals surface area contributed by atoms with E-state index in [1.807, 2.05) is 0 Å². The molecular formula is C11H9ClN2O2S. The molecule has 2 rings (SSSR count). The molecule has 1 heterocycles. The fraction of sp³-hybridized carbons (Fsp3) is 0.0909. The molecule has 0 amide bonds. The Hall–Kier alpha value is -1.46. The van der Waals surface area contributed by atoms with Crippen LogP contribution in [0.1, 0.15) is 0 Å². The van der Waals surface area contributed by atoms with E-state index in [9.17, 15) is 4.79 Å². The Labute approximate surface area is 107 Å². The molecule has 88 valence electrons. The smallest absolute Gasteiger partial charge is 0.286 e. The first-order chi connectivity index (χ1) is 8.08. The summed E-state index contributed by atoms with van der Waals surface area (Å²) in [5, 5.41) is 13.2. The number of nitrogens with zero attached hydrogens (tertiary/aromatic N) is 2. The summed E-state index contributed by atoms with van der Waals surface area (Å²) >= 11 is 7.26. The van der Waals surface area contributed by atoms with Crippen LogP contribution in [0, 0.1) is 0 Å². The molecule has 0 spiro atoms. The summed E-state index contributed by atoms with van der Waals surface area (Å²) in [7, 11) is 1.54. The number of rotatable bonds is 2. The number of phenolic OH excluding ortho intramolecular Hbond substituents is 1. The minimum Gasteiger partial charge on any atom is -0.508 e. The van der Waals surface area contributed by atoms with E-state index >= 15 is 0 Å². The Morgan fingerprint density at radius 2 is 2.00 bits per heavy atom. The predicted octanol–water partition coefficient (Wildman–Crippen LogP) is 2.29. The van der Waals surface area contributed by atoms with E-state index in [-0.39, 0.29) is 16.3 Å². The summed E-state index contributed by atoms with van der Waals surface area (Å²) in [4.78, 5) is 13.0. The van der Waals surface area contributed by atoms with Crippen LogP contribution >= 0.6 is 23.4 Å². The second-order valence-corrected chi connectivity index (χ2v) is 4.84. The van der Waals surface area contributed by atoms with E-state index in [1.165, 1.54) is 16.4 Å². The Kier molecular flexibility index (Phi) is 3.40. The van der Waals surface area contributed by atoms with Gasteiger partial charge in [-0.3, -0.25) is 4.79 Å². The Bertz CT molecular complexity index is 595. The molecule has 1 N–H and O–H groups in total. The largest absolute Gasteiger partial charge is 0.508 e. The zero-order chi connectivity index (χ0) is 12.4. The topological polar surface area (TPSA) is 55.1 Å². The highest BCUT2D eigenvalue weighted by Crippen LogP contribution is 2.31. The normalized spacial score (nSPS) is 10.5. The third-order valence-electron chi connectivity index (χ3n) is 2.11. The number of aromatic nitrogens is 2. The molecule has 0 atom stereocenters. The van der Waals surface area contributed by atoms with E-state index in [1.54, 1.807) is 37.5 Å². The van der Waals surface area contributed by atoms with Crippen LogP contribution in [0.5, 0.6) is 5.75 Å². The van der Waals surface area contributed by atoms with E-state index in [2.05, 4.69) is 5.10 Å². The molecule has 0 fully saturated rings. The molecule has 4 nitrogen and oxygen atoms in total. The molecule has 0 saturated carbocycles. The fourth-order valence-electron chi connectivity index (χ4n) is 1.21. The maximum absolute atomic E-state index is 11.5. The van der Waals surface area contributed by atoms with Crippen molar-refractivity contribution in [3.8, 4) is 5.75 Å². The Morgan fingerprint density at radius 1 is 1.35 bits per heavy atom. The molecule has 1 aromatic heterocycles. The lowest BCUT2D eigenvalue weighted by Crippen LogP contribution is -2.19. The van der Waals surface area contributed by atoms with Crippen molar-refractivity contribution < 1.29 is 5.11 Å². The lowest BCUT2D eigenvalue weighted by molar-refractivity contribution is 0.475. The maximum atomic E-state index is 11.5. The molecule has 0 saturated heterocycles. The number of benzene rings is 1. The average Bonchev–Trinajstić information content (AvgIpc) is 2.33. The second kappa shape index (κ2) is 4.81. The summed E-state index contributed by atoms with van der Waals surface area (Å²) in [6.07, 6.45) is 1.54. The highest BCUT2D eigenvalue weighted by atomic mass is 35.5. The number of hydrogen-bond donors (Lipinski definition) is 1. The lowest BCUT2D eigenvalue weighted by atomic mass is 10.3. The fourth-order valence-corrected chi connectivity index (χ4v) is 2.30. The molecule has 2 aromatic rings. The van der Waals surface area contributed by atoms with Crippen LogP contribution in [-0.4, -0.2) is 14.9 Å². The standard InChI is InChI=1S/C11H9ClN2O2S/c1-14-11(16)10(12)9(6-13-14)17-8-4-2-7(15)3-5-8/h2-6,15H,1H3. The van der Waals surface area contributed by atoms with Gasteiger partial charge in [0.1, 0.15) is 10.8 Å².